The number of aromatic nitrogens is 2. The van der Waals surface area contributed by atoms with Gasteiger partial charge in [0.15, 0.2) is 5.60 Å². The molecule has 0 aliphatic heterocycles. The molecule has 0 amide bonds. The molecule has 3 aromatic rings. The molecule has 3 rings (SSSR count). The van der Waals surface area contributed by atoms with Gasteiger partial charge in [0.1, 0.15) is 0 Å². The smallest absolute Gasteiger partial charge is 0.351 e. The van der Waals surface area contributed by atoms with Gasteiger partial charge in [-0.3, -0.25) is 0 Å². The number of hydrogen-bond acceptors (Lipinski definition) is 5. The van der Waals surface area contributed by atoms with Gasteiger partial charge < -0.3 is 14.6 Å². The highest BCUT2D eigenvalue weighted by molar-refractivity contribution is 5.81. The fraction of sp³-hybridized carbons (Fsp3) is 0.433. The monoisotopic (exact) mass is 493 g/mol. The zero-order valence-corrected chi connectivity index (χ0v) is 22.7. The van der Waals surface area contributed by atoms with Crippen molar-refractivity contribution in [2.45, 2.75) is 86.0 Å². The second-order valence-corrected chi connectivity index (χ2v) is 9.67. The molecule has 0 aliphatic carbocycles. The summed E-state index contributed by atoms with van der Waals surface area (Å²) in [6.45, 7) is 15.7. The van der Waals surface area contributed by atoms with E-state index in [1.807, 2.05) is 26.8 Å². The molecule has 0 saturated carbocycles. The van der Waals surface area contributed by atoms with E-state index in [9.17, 15) is 11.3 Å². The van der Waals surface area contributed by atoms with Crippen LogP contribution in [0.25, 0.3) is 0 Å². The van der Waals surface area contributed by atoms with E-state index in [0.29, 0.717) is 34.5 Å². The third-order valence-electron chi connectivity index (χ3n) is 6.62. The van der Waals surface area contributed by atoms with Crippen LogP contribution in [0.1, 0.15) is 76.6 Å². The Bertz CT molecular complexity index is 1400. The summed E-state index contributed by atoms with van der Waals surface area (Å²) in [6, 6.07) is 6.60. The first kappa shape index (κ1) is 23.2. The fourth-order valence-corrected chi connectivity index (χ4v) is 4.37. The summed E-state index contributed by atoms with van der Waals surface area (Å²) >= 11 is 0. The number of carboxylic acid groups (broad SMARTS) is 1. The highest BCUT2D eigenvalue weighted by Crippen LogP contribution is 2.48. The van der Waals surface area contributed by atoms with Crippen LogP contribution in [0.5, 0.6) is 6.01 Å². The molecule has 1 heterocycles. The van der Waals surface area contributed by atoms with Gasteiger partial charge in [-0.1, -0.05) is 43.3 Å². The predicted octanol–water partition coefficient (Wildman–Crippen LogP) is 6.17. The molecule has 192 valence electrons. The Morgan fingerprint density at radius 2 is 1.78 bits per heavy atom. The Balaban J connectivity index is 2.62. The van der Waals surface area contributed by atoms with Crippen molar-refractivity contribution in [1.82, 2.24) is 9.97 Å². The van der Waals surface area contributed by atoms with E-state index in [-0.39, 0.29) is 29.7 Å². The van der Waals surface area contributed by atoms with Gasteiger partial charge in [-0.05, 0) is 101 Å². The lowest BCUT2D eigenvalue weighted by atomic mass is 9.70. The van der Waals surface area contributed by atoms with Crippen molar-refractivity contribution >= 4 is 5.97 Å². The molecule has 0 aliphatic rings. The number of nitrogens with zero attached hydrogens (tertiary/aromatic N) is 2. The van der Waals surface area contributed by atoms with Crippen LogP contribution in [0.4, 0.5) is 0 Å². The zero-order chi connectivity index (χ0) is 29.4. The molecule has 1 unspecified atom stereocenters. The first-order chi connectivity index (χ1) is 18.1. The van der Waals surface area contributed by atoms with E-state index in [1.165, 1.54) is 6.92 Å². The molecular formula is C30H38N2O4. The molecule has 36 heavy (non-hydrogen) atoms. The summed E-state index contributed by atoms with van der Waals surface area (Å²) in [6.07, 6.45) is 0.0210. The summed E-state index contributed by atoms with van der Waals surface area (Å²) < 4.78 is 39.9. The molecule has 6 nitrogen and oxygen atoms in total. The average Bonchev–Trinajstić information content (AvgIpc) is 2.86. The van der Waals surface area contributed by atoms with Crippen molar-refractivity contribution in [2.24, 2.45) is 0 Å². The SMILES string of the molecule is [2H]c1c([2H])c(C(OC(C)C)(c2cccc(C)c2C)[C@](C)(Oc2nc(C)cc(CC)n2)C(=O)O)c([2H])c(C)c1C. The number of hydrogen-bond donors (Lipinski definition) is 1. The highest BCUT2D eigenvalue weighted by atomic mass is 16.6. The predicted molar refractivity (Wildman–Crippen MR) is 142 cm³/mol. The number of benzene rings is 2. The van der Waals surface area contributed by atoms with Gasteiger partial charge in [-0.25, -0.2) is 14.8 Å². The Labute approximate surface area is 218 Å². The van der Waals surface area contributed by atoms with Crippen molar-refractivity contribution in [3.63, 3.8) is 0 Å². The molecular weight excluding hydrogens is 452 g/mol. The van der Waals surface area contributed by atoms with Gasteiger partial charge in [0.2, 0.25) is 5.60 Å². The molecule has 1 N–H and O–H groups in total. The molecule has 0 radical (unpaired) electrons. The summed E-state index contributed by atoms with van der Waals surface area (Å²) in [5.41, 5.74) is -0.133. The lowest BCUT2D eigenvalue weighted by Crippen LogP contribution is -2.62. The van der Waals surface area contributed by atoms with E-state index < -0.39 is 23.3 Å². The molecule has 2 atom stereocenters. The minimum atomic E-state index is -2.27. The maximum Gasteiger partial charge on any atom is 0.351 e. The van der Waals surface area contributed by atoms with Crippen molar-refractivity contribution in [1.29, 1.82) is 0 Å². The number of aliphatic carboxylic acids is 1. The maximum absolute atomic E-state index is 13.5. The first-order valence-electron chi connectivity index (χ1n) is 13.7. The molecule has 0 spiro atoms. The number of ether oxygens (including phenoxy) is 2. The van der Waals surface area contributed by atoms with Crippen molar-refractivity contribution in [3.8, 4) is 6.01 Å². The van der Waals surface area contributed by atoms with Gasteiger partial charge in [0, 0.05) is 11.4 Å². The fourth-order valence-electron chi connectivity index (χ4n) is 4.37. The number of rotatable bonds is 9. The lowest BCUT2D eigenvalue weighted by Gasteiger charge is -2.47. The number of carbonyl (C=O) groups is 1. The van der Waals surface area contributed by atoms with Crippen LogP contribution in [-0.4, -0.2) is 32.7 Å². The second kappa shape index (κ2) is 10.4. The van der Waals surface area contributed by atoms with E-state index in [2.05, 4.69) is 9.97 Å². The normalized spacial score (nSPS) is 16.0. The Morgan fingerprint density at radius 3 is 2.39 bits per heavy atom. The first-order valence-corrected chi connectivity index (χ1v) is 12.2. The topological polar surface area (TPSA) is 81.5 Å². The Hall–Kier alpha value is -3.25. The number of carboxylic acids is 1. The van der Waals surface area contributed by atoms with Gasteiger partial charge >= 0.3 is 12.0 Å². The summed E-state index contributed by atoms with van der Waals surface area (Å²) in [5, 5.41) is 11.0. The van der Waals surface area contributed by atoms with E-state index in [4.69, 9.17) is 12.2 Å². The minimum absolute atomic E-state index is 0.0498. The Kier molecular flexibility index (Phi) is 6.69. The van der Waals surface area contributed by atoms with Crippen molar-refractivity contribution < 1.29 is 23.5 Å². The lowest BCUT2D eigenvalue weighted by molar-refractivity contribution is -0.196. The third kappa shape index (κ3) is 4.87. The van der Waals surface area contributed by atoms with Crippen LogP contribution in [0.3, 0.4) is 0 Å². The highest BCUT2D eigenvalue weighted by Gasteiger charge is 2.61. The summed E-state index contributed by atoms with van der Waals surface area (Å²) in [5.74, 6) is -1.39. The summed E-state index contributed by atoms with van der Waals surface area (Å²) in [7, 11) is 0. The molecule has 1 aromatic heterocycles. The van der Waals surface area contributed by atoms with Crippen molar-refractivity contribution in [3.05, 3.63) is 87.2 Å². The van der Waals surface area contributed by atoms with Gasteiger partial charge in [-0.2, -0.15) is 0 Å². The Morgan fingerprint density at radius 1 is 1.08 bits per heavy atom. The van der Waals surface area contributed by atoms with Gasteiger partial charge in [-0.15, -0.1) is 0 Å². The van der Waals surface area contributed by atoms with Crippen LogP contribution in [0.2, 0.25) is 0 Å². The molecule has 0 fully saturated rings. The molecule has 6 heteroatoms. The molecule has 0 saturated heterocycles. The van der Waals surface area contributed by atoms with Gasteiger partial charge in [0.25, 0.3) is 0 Å². The average molecular weight is 494 g/mol. The quantitative estimate of drug-likeness (QED) is 0.384. The van der Waals surface area contributed by atoms with E-state index >= 15 is 0 Å². The minimum Gasteiger partial charge on any atom is -0.478 e. The van der Waals surface area contributed by atoms with Gasteiger partial charge in [0.05, 0.1) is 10.2 Å². The second-order valence-electron chi connectivity index (χ2n) is 9.67. The number of aryl methyl sites for hydroxylation is 3. The molecule has 2 aromatic carbocycles. The maximum atomic E-state index is 13.5. The van der Waals surface area contributed by atoms with Crippen LogP contribution in [0, 0.1) is 34.6 Å². The van der Waals surface area contributed by atoms with Crippen LogP contribution < -0.4 is 4.74 Å². The van der Waals surface area contributed by atoms with Crippen LogP contribution in [0.15, 0.2) is 42.4 Å². The van der Waals surface area contributed by atoms with Crippen LogP contribution in [-0.2, 0) is 21.6 Å². The molecule has 0 bridgehead atoms. The zero-order valence-electron chi connectivity index (χ0n) is 25.7. The standard InChI is InChI=1S/C30H38N2O4/c1-10-25-17-22(7)31-28(32-25)36-29(9,27(33)34)30(35-18(2)3,24-15-14-19(4)21(6)16-24)26-13-11-12-20(5)23(26)8/h11-18H,10H2,1-9H3,(H,33,34)/t29-,30?/m1/s1/i14D,15D,16D. The third-order valence-corrected chi connectivity index (χ3v) is 6.62. The van der Waals surface area contributed by atoms with E-state index in [1.54, 1.807) is 52.8 Å². The largest absolute Gasteiger partial charge is 0.478 e. The van der Waals surface area contributed by atoms with E-state index in [0.717, 1.165) is 11.1 Å². The summed E-state index contributed by atoms with van der Waals surface area (Å²) in [4.78, 5) is 22.3. The van der Waals surface area contributed by atoms with Crippen LogP contribution >= 0.6 is 0 Å². The van der Waals surface area contributed by atoms with Crippen molar-refractivity contribution in [2.75, 3.05) is 0 Å².